The molecule has 4 rings (SSSR count). The number of para-hydroxylation sites is 3. The smallest absolute Gasteiger partial charge is 0.227 e. The van der Waals surface area contributed by atoms with Gasteiger partial charge >= 0.3 is 0 Å². The van der Waals surface area contributed by atoms with Crippen molar-refractivity contribution >= 4 is 23.1 Å². The molecule has 0 bridgehead atoms. The van der Waals surface area contributed by atoms with Gasteiger partial charge in [-0.2, -0.15) is 4.98 Å². The van der Waals surface area contributed by atoms with Crippen molar-refractivity contribution in [3.8, 4) is 5.75 Å². The monoisotopic (exact) mass is 375 g/mol. The lowest BCUT2D eigenvalue weighted by Crippen LogP contribution is -2.47. The maximum Gasteiger partial charge on any atom is 0.227 e. The van der Waals surface area contributed by atoms with Crippen LogP contribution in [0.25, 0.3) is 0 Å². The molecule has 1 fully saturated rings. The predicted octanol–water partition coefficient (Wildman–Crippen LogP) is 3.86. The van der Waals surface area contributed by atoms with Gasteiger partial charge in [0.15, 0.2) is 0 Å². The second-order valence-corrected chi connectivity index (χ2v) is 6.83. The van der Waals surface area contributed by atoms with Gasteiger partial charge in [-0.3, -0.25) is 0 Å². The van der Waals surface area contributed by atoms with E-state index in [9.17, 15) is 0 Å². The van der Waals surface area contributed by atoms with Gasteiger partial charge in [0.1, 0.15) is 11.6 Å². The lowest BCUT2D eigenvalue weighted by atomic mass is 10.2. The maximum absolute atomic E-state index is 5.51. The van der Waals surface area contributed by atoms with E-state index in [-0.39, 0.29) is 0 Å². The fourth-order valence-corrected chi connectivity index (χ4v) is 3.47. The van der Waals surface area contributed by atoms with Crippen LogP contribution in [-0.2, 0) is 0 Å². The Morgan fingerprint density at radius 1 is 0.857 bits per heavy atom. The summed E-state index contributed by atoms with van der Waals surface area (Å²) in [6, 6.07) is 20.2. The largest absolute Gasteiger partial charge is 0.495 e. The molecule has 0 spiro atoms. The topological polar surface area (TPSA) is 53.5 Å². The number of aromatic nitrogens is 2. The van der Waals surface area contributed by atoms with Crippen LogP contribution in [0.2, 0.25) is 0 Å². The molecule has 6 nitrogen and oxygen atoms in total. The zero-order valence-corrected chi connectivity index (χ0v) is 16.3. The van der Waals surface area contributed by atoms with Crippen LogP contribution in [0.15, 0.2) is 60.7 Å². The number of hydrogen-bond donors (Lipinski definition) is 1. The Labute approximate surface area is 165 Å². The SMILES string of the molecule is COc1ccccc1N1CCN(c2nc(C)cc(Nc3ccccc3)n2)CC1. The number of ether oxygens (including phenoxy) is 1. The van der Waals surface area contributed by atoms with E-state index in [2.05, 4.69) is 32.2 Å². The molecule has 1 N–H and O–H groups in total. The minimum atomic E-state index is 0.776. The van der Waals surface area contributed by atoms with Crippen LogP contribution in [0.3, 0.4) is 0 Å². The molecule has 2 heterocycles. The van der Waals surface area contributed by atoms with Crippen molar-refractivity contribution in [3.05, 3.63) is 66.4 Å². The fourth-order valence-electron chi connectivity index (χ4n) is 3.47. The minimum absolute atomic E-state index is 0.776. The van der Waals surface area contributed by atoms with Crippen LogP contribution in [0.4, 0.5) is 23.1 Å². The number of aryl methyl sites for hydroxylation is 1. The van der Waals surface area contributed by atoms with Crippen LogP contribution in [0.1, 0.15) is 5.69 Å². The number of benzene rings is 2. The van der Waals surface area contributed by atoms with Crippen molar-refractivity contribution in [2.45, 2.75) is 6.92 Å². The Morgan fingerprint density at radius 2 is 1.54 bits per heavy atom. The molecule has 0 unspecified atom stereocenters. The summed E-state index contributed by atoms with van der Waals surface area (Å²) in [6.07, 6.45) is 0. The molecule has 1 saturated heterocycles. The number of piperazine rings is 1. The third-order valence-electron chi connectivity index (χ3n) is 4.88. The highest BCUT2D eigenvalue weighted by atomic mass is 16.5. The standard InChI is InChI=1S/C22H25N5O/c1-17-16-21(24-18-8-4-3-5-9-18)25-22(23-17)27-14-12-26(13-15-27)19-10-6-7-11-20(19)28-2/h3-11,16H,12-15H2,1-2H3,(H,23,24,25). The second kappa shape index (κ2) is 8.17. The number of anilines is 4. The van der Waals surface area contributed by atoms with Gasteiger partial charge in [0.25, 0.3) is 0 Å². The Hall–Kier alpha value is -3.28. The first kappa shape index (κ1) is 18.1. The van der Waals surface area contributed by atoms with Gasteiger partial charge in [0.2, 0.25) is 5.95 Å². The molecule has 3 aromatic rings. The summed E-state index contributed by atoms with van der Waals surface area (Å²) >= 11 is 0. The van der Waals surface area contributed by atoms with E-state index < -0.39 is 0 Å². The molecule has 0 radical (unpaired) electrons. The normalized spacial score (nSPS) is 14.1. The van der Waals surface area contributed by atoms with E-state index in [1.54, 1.807) is 7.11 Å². The molecular weight excluding hydrogens is 350 g/mol. The summed E-state index contributed by atoms with van der Waals surface area (Å²) in [7, 11) is 1.72. The number of hydrogen-bond acceptors (Lipinski definition) is 6. The minimum Gasteiger partial charge on any atom is -0.495 e. The molecule has 1 aromatic heterocycles. The number of nitrogens with one attached hydrogen (secondary N) is 1. The van der Waals surface area contributed by atoms with Crippen LogP contribution >= 0.6 is 0 Å². The van der Waals surface area contributed by atoms with E-state index >= 15 is 0 Å². The molecule has 0 atom stereocenters. The van der Waals surface area contributed by atoms with Crippen LogP contribution in [0.5, 0.6) is 5.75 Å². The summed E-state index contributed by atoms with van der Waals surface area (Å²) in [6.45, 7) is 5.54. The molecule has 1 aliphatic rings. The van der Waals surface area contributed by atoms with Gasteiger partial charge in [-0.25, -0.2) is 4.98 Å². The van der Waals surface area contributed by atoms with E-state index in [0.29, 0.717) is 0 Å². The Kier molecular flexibility index (Phi) is 5.28. The molecule has 0 saturated carbocycles. The summed E-state index contributed by atoms with van der Waals surface area (Å²) in [4.78, 5) is 14.0. The highest BCUT2D eigenvalue weighted by Crippen LogP contribution is 2.29. The van der Waals surface area contributed by atoms with Crippen molar-refractivity contribution in [3.63, 3.8) is 0 Å². The van der Waals surface area contributed by atoms with Gasteiger partial charge in [-0.1, -0.05) is 30.3 Å². The lowest BCUT2D eigenvalue weighted by Gasteiger charge is -2.36. The van der Waals surface area contributed by atoms with E-state index in [1.807, 2.05) is 55.5 Å². The molecule has 6 heteroatoms. The number of methoxy groups -OCH3 is 1. The molecule has 0 amide bonds. The molecule has 2 aromatic carbocycles. The van der Waals surface area contributed by atoms with Gasteiger partial charge < -0.3 is 19.9 Å². The van der Waals surface area contributed by atoms with Crippen LogP contribution in [0, 0.1) is 6.92 Å². The molecule has 144 valence electrons. The van der Waals surface area contributed by atoms with Gasteiger partial charge in [0.05, 0.1) is 12.8 Å². The summed E-state index contributed by atoms with van der Waals surface area (Å²) in [5.74, 6) is 2.51. The van der Waals surface area contributed by atoms with Crippen molar-refractivity contribution in [1.82, 2.24) is 9.97 Å². The number of rotatable bonds is 5. The number of nitrogens with zero attached hydrogens (tertiary/aromatic N) is 4. The van der Waals surface area contributed by atoms with Gasteiger partial charge in [-0.15, -0.1) is 0 Å². The predicted molar refractivity (Wildman–Crippen MR) is 114 cm³/mol. The molecule has 1 aliphatic heterocycles. The van der Waals surface area contributed by atoms with Crippen LogP contribution < -0.4 is 19.9 Å². The van der Waals surface area contributed by atoms with Crippen LogP contribution in [-0.4, -0.2) is 43.3 Å². The Balaban J connectivity index is 1.47. The van der Waals surface area contributed by atoms with Crippen molar-refractivity contribution in [2.24, 2.45) is 0 Å². The first-order chi connectivity index (χ1) is 13.7. The van der Waals surface area contributed by atoms with Crippen molar-refractivity contribution < 1.29 is 4.74 Å². The van der Waals surface area contributed by atoms with Crippen molar-refractivity contribution in [2.75, 3.05) is 48.4 Å². The first-order valence-electron chi connectivity index (χ1n) is 9.53. The molecule has 0 aliphatic carbocycles. The zero-order chi connectivity index (χ0) is 19.3. The fraction of sp³-hybridized carbons (Fsp3) is 0.273. The highest BCUT2D eigenvalue weighted by Gasteiger charge is 2.21. The average Bonchev–Trinajstić information content (AvgIpc) is 2.74. The quantitative estimate of drug-likeness (QED) is 0.731. The lowest BCUT2D eigenvalue weighted by molar-refractivity contribution is 0.413. The third kappa shape index (κ3) is 4.01. The zero-order valence-electron chi connectivity index (χ0n) is 16.3. The highest BCUT2D eigenvalue weighted by molar-refractivity contribution is 5.60. The van der Waals surface area contributed by atoms with E-state index in [0.717, 1.165) is 60.8 Å². The van der Waals surface area contributed by atoms with Gasteiger partial charge in [-0.05, 0) is 31.2 Å². The van der Waals surface area contributed by atoms with Crippen molar-refractivity contribution in [1.29, 1.82) is 0 Å². The van der Waals surface area contributed by atoms with Gasteiger partial charge in [0, 0.05) is 43.6 Å². The average molecular weight is 375 g/mol. The molecule has 28 heavy (non-hydrogen) atoms. The van der Waals surface area contributed by atoms with E-state index in [1.165, 1.54) is 0 Å². The summed E-state index contributed by atoms with van der Waals surface area (Å²) < 4.78 is 5.51. The maximum atomic E-state index is 5.51. The summed E-state index contributed by atoms with van der Waals surface area (Å²) in [5.41, 5.74) is 3.12. The Morgan fingerprint density at radius 3 is 2.29 bits per heavy atom. The molecular formula is C22H25N5O. The first-order valence-corrected chi connectivity index (χ1v) is 9.53. The third-order valence-corrected chi connectivity index (χ3v) is 4.88. The Bertz CT molecular complexity index is 923. The van der Waals surface area contributed by atoms with E-state index in [4.69, 9.17) is 9.72 Å². The second-order valence-electron chi connectivity index (χ2n) is 6.83. The summed E-state index contributed by atoms with van der Waals surface area (Å²) in [5, 5.41) is 3.37.